The highest BCUT2D eigenvalue weighted by Gasteiger charge is 2.57. The molecule has 0 saturated heterocycles. The lowest BCUT2D eigenvalue weighted by atomic mass is 9.74. The third-order valence-corrected chi connectivity index (χ3v) is 8.71. The Kier molecular flexibility index (Phi) is 8.44. The van der Waals surface area contributed by atoms with Crippen LogP contribution in [0.3, 0.4) is 0 Å². The standard InChI is InChI=1S/C29H27F3N4O6S/c1-18(26(37)35(2)3)34-17-28(22-7-5-6-8-25(22)41-4)23-15-19(16-33)9-14-24(23)36(27(28)38)43(39,40)21-12-10-20(11-13-21)42-29(30,31)32/h5-15,18,34H,17H2,1-4H3/t18-,28?/m0/s1. The second-order valence-corrected chi connectivity index (χ2v) is 11.7. The van der Waals surface area contributed by atoms with Gasteiger partial charge in [0.15, 0.2) is 0 Å². The van der Waals surface area contributed by atoms with E-state index in [-0.39, 0.29) is 40.6 Å². The predicted octanol–water partition coefficient (Wildman–Crippen LogP) is 3.55. The van der Waals surface area contributed by atoms with Crippen LogP contribution in [0.25, 0.3) is 0 Å². The molecule has 2 atom stereocenters. The topological polar surface area (TPSA) is 129 Å². The number of nitrogens with one attached hydrogen (secondary N) is 1. The fraction of sp³-hybridized carbons (Fsp3) is 0.276. The first-order chi connectivity index (χ1) is 20.2. The SMILES string of the molecule is COc1ccccc1C1(CN[C@@H](C)C(=O)N(C)C)C(=O)N(S(=O)(=O)c2ccc(OC(F)(F)F)cc2)c2ccc(C#N)cc21. The highest BCUT2D eigenvalue weighted by Crippen LogP contribution is 2.50. The number of ether oxygens (including phenoxy) is 2. The molecule has 0 saturated carbocycles. The van der Waals surface area contributed by atoms with Gasteiger partial charge in [-0.05, 0) is 61.0 Å². The number of para-hydroxylation sites is 1. The molecule has 10 nitrogen and oxygen atoms in total. The van der Waals surface area contributed by atoms with Crippen molar-refractivity contribution in [2.75, 3.05) is 32.1 Å². The Labute approximate surface area is 246 Å². The van der Waals surface area contributed by atoms with E-state index in [2.05, 4.69) is 10.1 Å². The normalized spacial score (nSPS) is 17.2. The number of nitrogens with zero attached hydrogens (tertiary/aromatic N) is 3. The average Bonchev–Trinajstić information content (AvgIpc) is 3.22. The summed E-state index contributed by atoms with van der Waals surface area (Å²) in [5, 5.41) is 12.7. The minimum atomic E-state index is -4.99. The second-order valence-electron chi connectivity index (χ2n) is 9.88. The third-order valence-electron chi connectivity index (χ3n) is 7.00. The molecule has 0 radical (unpaired) electrons. The molecule has 0 fully saturated rings. The van der Waals surface area contributed by atoms with Crippen molar-refractivity contribution in [1.82, 2.24) is 10.2 Å². The Bertz CT molecular complexity index is 1700. The van der Waals surface area contributed by atoms with Crippen molar-refractivity contribution < 1.29 is 40.7 Å². The van der Waals surface area contributed by atoms with Gasteiger partial charge in [-0.2, -0.15) is 5.26 Å². The summed E-state index contributed by atoms with van der Waals surface area (Å²) in [6, 6.07) is 15.2. The molecule has 226 valence electrons. The van der Waals surface area contributed by atoms with E-state index in [1.165, 1.54) is 30.2 Å². The summed E-state index contributed by atoms with van der Waals surface area (Å²) in [4.78, 5) is 28.2. The van der Waals surface area contributed by atoms with Crippen LogP contribution in [0.4, 0.5) is 18.9 Å². The Morgan fingerprint density at radius 2 is 1.74 bits per heavy atom. The highest BCUT2D eigenvalue weighted by atomic mass is 32.2. The number of hydrogen-bond acceptors (Lipinski definition) is 8. The molecule has 0 bridgehead atoms. The van der Waals surface area contributed by atoms with Crippen LogP contribution in [-0.2, 0) is 25.0 Å². The van der Waals surface area contributed by atoms with Crippen molar-refractivity contribution in [3.8, 4) is 17.6 Å². The molecule has 1 aliphatic heterocycles. The quantitative estimate of drug-likeness (QED) is 0.387. The van der Waals surface area contributed by atoms with Crippen molar-refractivity contribution in [3.63, 3.8) is 0 Å². The molecule has 1 aliphatic rings. The molecule has 1 N–H and O–H groups in total. The number of amides is 2. The number of likely N-dealkylation sites (N-methyl/N-ethyl adjacent to an activating group) is 1. The third kappa shape index (κ3) is 5.73. The number of fused-ring (bicyclic) bond motifs is 1. The molecule has 0 aromatic heterocycles. The summed E-state index contributed by atoms with van der Waals surface area (Å²) in [5.41, 5.74) is -1.33. The molecule has 14 heteroatoms. The van der Waals surface area contributed by atoms with Crippen LogP contribution in [-0.4, -0.2) is 65.3 Å². The smallest absolute Gasteiger partial charge is 0.496 e. The van der Waals surface area contributed by atoms with E-state index < -0.39 is 44.4 Å². The Balaban J connectivity index is 1.94. The summed E-state index contributed by atoms with van der Waals surface area (Å²) >= 11 is 0. The lowest BCUT2D eigenvalue weighted by Crippen LogP contribution is -2.53. The molecule has 2 amide bonds. The lowest BCUT2D eigenvalue weighted by Gasteiger charge is -2.32. The van der Waals surface area contributed by atoms with Gasteiger partial charge in [0.25, 0.3) is 15.9 Å². The summed E-state index contributed by atoms with van der Waals surface area (Å²) in [7, 11) is -0.229. The zero-order valence-corrected chi connectivity index (χ0v) is 24.3. The summed E-state index contributed by atoms with van der Waals surface area (Å²) in [6.45, 7) is 1.31. The number of sulfonamides is 1. The molecule has 0 spiro atoms. The Morgan fingerprint density at radius 1 is 1.09 bits per heavy atom. The monoisotopic (exact) mass is 616 g/mol. The number of hydrogen-bond donors (Lipinski definition) is 1. The first-order valence-corrected chi connectivity index (χ1v) is 14.2. The minimum absolute atomic E-state index is 0.0705. The number of rotatable bonds is 9. The summed E-state index contributed by atoms with van der Waals surface area (Å²) in [5.74, 6) is -1.66. The minimum Gasteiger partial charge on any atom is -0.496 e. The number of nitriles is 1. The van der Waals surface area contributed by atoms with Gasteiger partial charge < -0.3 is 19.7 Å². The lowest BCUT2D eigenvalue weighted by molar-refractivity contribution is -0.274. The maximum absolute atomic E-state index is 14.6. The fourth-order valence-electron chi connectivity index (χ4n) is 4.98. The van der Waals surface area contributed by atoms with Crippen LogP contribution in [0.5, 0.6) is 11.5 Å². The average molecular weight is 617 g/mol. The van der Waals surface area contributed by atoms with Gasteiger partial charge in [-0.1, -0.05) is 18.2 Å². The van der Waals surface area contributed by atoms with Crippen LogP contribution in [0.15, 0.2) is 71.6 Å². The Hall–Kier alpha value is -4.61. The number of halogens is 3. The molecular weight excluding hydrogens is 589 g/mol. The first-order valence-electron chi connectivity index (χ1n) is 12.8. The number of carbonyl (C=O) groups is 2. The zero-order chi connectivity index (χ0) is 31.7. The van der Waals surface area contributed by atoms with Crippen LogP contribution in [0.1, 0.15) is 23.6 Å². The molecule has 1 unspecified atom stereocenters. The van der Waals surface area contributed by atoms with Crippen LogP contribution in [0.2, 0.25) is 0 Å². The maximum atomic E-state index is 14.6. The van der Waals surface area contributed by atoms with E-state index >= 15 is 0 Å². The highest BCUT2D eigenvalue weighted by molar-refractivity contribution is 7.93. The number of anilines is 1. The van der Waals surface area contributed by atoms with Gasteiger partial charge in [0, 0.05) is 26.2 Å². The van der Waals surface area contributed by atoms with Crippen molar-refractivity contribution in [2.24, 2.45) is 0 Å². The second kappa shape index (κ2) is 11.6. The van der Waals surface area contributed by atoms with Gasteiger partial charge in [-0.25, -0.2) is 12.7 Å². The van der Waals surface area contributed by atoms with Crippen molar-refractivity contribution >= 4 is 27.5 Å². The van der Waals surface area contributed by atoms with Crippen LogP contribution >= 0.6 is 0 Å². The van der Waals surface area contributed by atoms with E-state index in [0.717, 1.165) is 24.3 Å². The number of alkyl halides is 3. The fourth-order valence-corrected chi connectivity index (χ4v) is 6.47. The maximum Gasteiger partial charge on any atom is 0.573 e. The molecular formula is C29H27F3N4O6S. The van der Waals surface area contributed by atoms with E-state index in [9.17, 15) is 36.4 Å². The molecule has 3 aromatic rings. The van der Waals surface area contributed by atoms with E-state index in [1.54, 1.807) is 45.3 Å². The van der Waals surface area contributed by atoms with Crippen molar-refractivity contribution in [2.45, 2.75) is 29.6 Å². The van der Waals surface area contributed by atoms with Crippen molar-refractivity contribution in [1.29, 1.82) is 5.26 Å². The largest absolute Gasteiger partial charge is 0.573 e. The number of benzene rings is 3. The zero-order valence-electron chi connectivity index (χ0n) is 23.5. The van der Waals surface area contributed by atoms with E-state index in [4.69, 9.17) is 4.74 Å². The van der Waals surface area contributed by atoms with Gasteiger partial charge in [0.1, 0.15) is 16.9 Å². The van der Waals surface area contributed by atoms with E-state index in [0.29, 0.717) is 4.31 Å². The van der Waals surface area contributed by atoms with Gasteiger partial charge >= 0.3 is 6.36 Å². The van der Waals surface area contributed by atoms with Gasteiger partial charge in [-0.3, -0.25) is 9.59 Å². The molecule has 3 aromatic carbocycles. The predicted molar refractivity (Wildman–Crippen MR) is 149 cm³/mol. The molecule has 1 heterocycles. The summed E-state index contributed by atoms with van der Waals surface area (Å²) in [6.07, 6.45) is -4.99. The molecule has 4 rings (SSSR count). The van der Waals surface area contributed by atoms with Crippen LogP contribution in [0, 0.1) is 11.3 Å². The Morgan fingerprint density at radius 3 is 2.33 bits per heavy atom. The summed E-state index contributed by atoms with van der Waals surface area (Å²) < 4.78 is 76.1. The number of methoxy groups -OCH3 is 1. The molecule has 43 heavy (non-hydrogen) atoms. The molecule has 0 aliphatic carbocycles. The van der Waals surface area contributed by atoms with Gasteiger partial charge in [0.05, 0.1) is 35.4 Å². The van der Waals surface area contributed by atoms with Crippen molar-refractivity contribution in [3.05, 3.63) is 83.4 Å². The van der Waals surface area contributed by atoms with E-state index in [1.807, 2.05) is 6.07 Å². The first kappa shape index (κ1) is 31.3. The number of carbonyl (C=O) groups excluding carboxylic acids is 2. The van der Waals surface area contributed by atoms with Gasteiger partial charge in [-0.15, -0.1) is 13.2 Å². The van der Waals surface area contributed by atoms with Crippen LogP contribution < -0.4 is 19.1 Å². The van der Waals surface area contributed by atoms with Gasteiger partial charge in [0.2, 0.25) is 5.91 Å².